The van der Waals surface area contributed by atoms with E-state index in [0.29, 0.717) is 28.1 Å². The standard InChI is InChI=1S/C18H25BrO6/c1-5-8-9-25-16-13(19)10-12(11-14(16)22-4)15(17(20)23-6-2)18(21)24-7-3/h10-11,15H,5-9H2,1-4H3. The first-order valence-electron chi connectivity index (χ1n) is 8.33. The van der Waals surface area contributed by atoms with Gasteiger partial charge in [0.2, 0.25) is 0 Å². The number of rotatable bonds is 10. The van der Waals surface area contributed by atoms with Gasteiger partial charge in [-0.25, -0.2) is 0 Å². The molecule has 0 aliphatic rings. The van der Waals surface area contributed by atoms with Crippen molar-refractivity contribution in [1.82, 2.24) is 0 Å². The number of methoxy groups -OCH3 is 1. The second-order valence-electron chi connectivity index (χ2n) is 5.17. The van der Waals surface area contributed by atoms with Crippen LogP contribution in [0.4, 0.5) is 0 Å². The fraction of sp³-hybridized carbons (Fsp3) is 0.556. The van der Waals surface area contributed by atoms with Gasteiger partial charge in [0.1, 0.15) is 0 Å². The normalized spacial score (nSPS) is 10.5. The van der Waals surface area contributed by atoms with Crippen LogP contribution in [0.15, 0.2) is 16.6 Å². The smallest absolute Gasteiger partial charge is 0.324 e. The van der Waals surface area contributed by atoms with Gasteiger partial charge in [0.05, 0.1) is 31.4 Å². The second-order valence-corrected chi connectivity index (χ2v) is 6.03. The number of hydrogen-bond acceptors (Lipinski definition) is 6. The lowest BCUT2D eigenvalue weighted by atomic mass is 9.98. The molecule has 140 valence electrons. The van der Waals surface area contributed by atoms with Gasteiger partial charge in [0.15, 0.2) is 17.4 Å². The monoisotopic (exact) mass is 416 g/mol. The fourth-order valence-electron chi connectivity index (χ4n) is 2.18. The molecule has 0 fully saturated rings. The molecule has 0 N–H and O–H groups in total. The molecule has 0 heterocycles. The molecular formula is C18H25BrO6. The van der Waals surface area contributed by atoms with Crippen LogP contribution in [0, 0.1) is 0 Å². The van der Waals surface area contributed by atoms with Crippen LogP contribution >= 0.6 is 15.9 Å². The summed E-state index contributed by atoms with van der Waals surface area (Å²) in [7, 11) is 1.50. The summed E-state index contributed by atoms with van der Waals surface area (Å²) >= 11 is 3.43. The zero-order valence-electron chi connectivity index (χ0n) is 15.1. The van der Waals surface area contributed by atoms with Gasteiger partial charge in [0, 0.05) is 0 Å². The first-order chi connectivity index (χ1) is 12.0. The Kier molecular flexibility index (Phi) is 9.34. The molecule has 0 saturated carbocycles. The van der Waals surface area contributed by atoms with E-state index in [1.54, 1.807) is 26.0 Å². The molecule has 7 heteroatoms. The minimum atomic E-state index is -1.17. The van der Waals surface area contributed by atoms with E-state index in [1.165, 1.54) is 7.11 Å². The molecule has 0 bridgehead atoms. The molecule has 0 aromatic heterocycles. The van der Waals surface area contributed by atoms with Crippen molar-refractivity contribution < 1.29 is 28.5 Å². The van der Waals surface area contributed by atoms with Crippen LogP contribution in [0.5, 0.6) is 11.5 Å². The highest BCUT2D eigenvalue weighted by atomic mass is 79.9. The molecule has 1 aromatic rings. The summed E-state index contributed by atoms with van der Waals surface area (Å²) in [6.07, 6.45) is 1.91. The maximum atomic E-state index is 12.3. The predicted octanol–water partition coefficient (Wildman–Crippen LogP) is 3.85. The summed E-state index contributed by atoms with van der Waals surface area (Å²) in [6.45, 7) is 6.32. The van der Waals surface area contributed by atoms with E-state index >= 15 is 0 Å². The SMILES string of the molecule is CCCCOc1c(Br)cc(C(C(=O)OCC)C(=O)OCC)cc1OC. The molecule has 25 heavy (non-hydrogen) atoms. The summed E-state index contributed by atoms with van der Waals surface area (Å²) in [4.78, 5) is 24.5. The third-order valence-corrected chi connectivity index (χ3v) is 3.96. The van der Waals surface area contributed by atoms with Crippen molar-refractivity contribution >= 4 is 27.9 Å². The molecule has 0 radical (unpaired) electrons. The van der Waals surface area contributed by atoms with Gasteiger partial charge in [-0.3, -0.25) is 9.59 Å². The van der Waals surface area contributed by atoms with Gasteiger partial charge < -0.3 is 18.9 Å². The zero-order valence-corrected chi connectivity index (χ0v) is 16.7. The molecule has 0 aliphatic carbocycles. The summed E-state index contributed by atoms with van der Waals surface area (Å²) in [5.41, 5.74) is 0.420. The van der Waals surface area contributed by atoms with E-state index in [1.807, 2.05) is 0 Å². The Morgan fingerprint density at radius 2 is 1.68 bits per heavy atom. The molecule has 6 nitrogen and oxygen atoms in total. The molecule has 0 unspecified atom stereocenters. The van der Waals surface area contributed by atoms with E-state index in [9.17, 15) is 9.59 Å². The maximum absolute atomic E-state index is 12.3. The first kappa shape index (κ1) is 21.3. The van der Waals surface area contributed by atoms with Crippen molar-refractivity contribution in [3.63, 3.8) is 0 Å². The highest BCUT2D eigenvalue weighted by molar-refractivity contribution is 9.10. The molecule has 0 atom stereocenters. The lowest BCUT2D eigenvalue weighted by Gasteiger charge is -2.18. The van der Waals surface area contributed by atoms with E-state index in [-0.39, 0.29) is 13.2 Å². The third kappa shape index (κ3) is 5.92. The Balaban J connectivity index is 3.24. The lowest BCUT2D eigenvalue weighted by molar-refractivity contribution is -0.156. The number of unbranched alkanes of at least 4 members (excludes halogenated alkanes) is 1. The van der Waals surface area contributed by atoms with Crippen molar-refractivity contribution in [1.29, 1.82) is 0 Å². The summed E-state index contributed by atoms with van der Waals surface area (Å²) in [6, 6.07) is 3.26. The fourth-order valence-corrected chi connectivity index (χ4v) is 2.76. The van der Waals surface area contributed by atoms with Gasteiger partial charge in [-0.15, -0.1) is 0 Å². The van der Waals surface area contributed by atoms with Crippen molar-refractivity contribution in [2.75, 3.05) is 26.9 Å². The van der Waals surface area contributed by atoms with E-state index in [0.717, 1.165) is 12.8 Å². The lowest BCUT2D eigenvalue weighted by Crippen LogP contribution is -2.26. The van der Waals surface area contributed by atoms with Crippen molar-refractivity contribution in [2.45, 2.75) is 39.5 Å². The molecule has 0 aliphatic heterocycles. The number of hydrogen-bond donors (Lipinski definition) is 0. The Morgan fingerprint density at radius 3 is 2.16 bits per heavy atom. The molecule has 0 spiro atoms. The van der Waals surface area contributed by atoms with Crippen molar-refractivity contribution in [3.8, 4) is 11.5 Å². The highest BCUT2D eigenvalue weighted by Crippen LogP contribution is 2.39. The van der Waals surface area contributed by atoms with Crippen LogP contribution in [-0.2, 0) is 19.1 Å². The number of ether oxygens (including phenoxy) is 4. The maximum Gasteiger partial charge on any atom is 0.324 e. The second kappa shape index (κ2) is 11.0. The number of carbonyl (C=O) groups excluding carboxylic acids is 2. The zero-order chi connectivity index (χ0) is 18.8. The average Bonchev–Trinajstić information content (AvgIpc) is 2.57. The van der Waals surface area contributed by atoms with Crippen molar-refractivity contribution in [2.24, 2.45) is 0 Å². The summed E-state index contributed by atoms with van der Waals surface area (Å²) in [5, 5.41) is 0. The van der Waals surface area contributed by atoms with Crippen LogP contribution in [0.25, 0.3) is 0 Å². The Labute approximate surface area is 156 Å². The quantitative estimate of drug-likeness (QED) is 0.327. The number of esters is 2. The van der Waals surface area contributed by atoms with E-state index in [2.05, 4.69) is 22.9 Å². The third-order valence-electron chi connectivity index (χ3n) is 3.37. The predicted molar refractivity (Wildman–Crippen MR) is 97.1 cm³/mol. The Morgan fingerprint density at radius 1 is 1.08 bits per heavy atom. The van der Waals surface area contributed by atoms with Gasteiger partial charge in [-0.2, -0.15) is 0 Å². The summed E-state index contributed by atoms with van der Waals surface area (Å²) < 4.78 is 21.8. The molecule has 1 aromatic carbocycles. The van der Waals surface area contributed by atoms with Gasteiger partial charge in [-0.1, -0.05) is 13.3 Å². The number of halogens is 1. The first-order valence-corrected chi connectivity index (χ1v) is 9.12. The van der Waals surface area contributed by atoms with Gasteiger partial charge in [0.25, 0.3) is 0 Å². The largest absolute Gasteiger partial charge is 0.493 e. The minimum absolute atomic E-state index is 0.172. The Hall–Kier alpha value is -1.76. The number of benzene rings is 1. The van der Waals surface area contributed by atoms with Crippen LogP contribution < -0.4 is 9.47 Å². The minimum Gasteiger partial charge on any atom is -0.493 e. The van der Waals surface area contributed by atoms with Crippen LogP contribution in [0.3, 0.4) is 0 Å². The number of carbonyl (C=O) groups is 2. The molecular weight excluding hydrogens is 392 g/mol. The highest BCUT2D eigenvalue weighted by Gasteiger charge is 2.33. The van der Waals surface area contributed by atoms with Crippen molar-refractivity contribution in [3.05, 3.63) is 22.2 Å². The average molecular weight is 417 g/mol. The van der Waals surface area contributed by atoms with Gasteiger partial charge in [-0.05, 0) is 53.9 Å². The van der Waals surface area contributed by atoms with Crippen LogP contribution in [0.2, 0.25) is 0 Å². The summed E-state index contributed by atoms with van der Waals surface area (Å²) in [5.74, 6) is -1.52. The molecule has 0 amide bonds. The van der Waals surface area contributed by atoms with E-state index < -0.39 is 17.9 Å². The molecule has 0 saturated heterocycles. The van der Waals surface area contributed by atoms with Crippen LogP contribution in [-0.4, -0.2) is 38.9 Å². The van der Waals surface area contributed by atoms with Gasteiger partial charge >= 0.3 is 11.9 Å². The van der Waals surface area contributed by atoms with E-state index in [4.69, 9.17) is 18.9 Å². The van der Waals surface area contributed by atoms with Crippen LogP contribution in [0.1, 0.15) is 45.1 Å². The topological polar surface area (TPSA) is 71.1 Å². The molecule has 1 rings (SSSR count). The Bertz CT molecular complexity index is 569.